The van der Waals surface area contributed by atoms with Crippen LogP contribution in [0, 0.1) is 17.6 Å². The van der Waals surface area contributed by atoms with Crippen LogP contribution in [-0.4, -0.2) is 24.0 Å². The number of benzene rings is 1. The molecular formula is C16H19F2N. The quantitative estimate of drug-likeness (QED) is 0.692. The second kappa shape index (κ2) is 4.27. The second-order valence-electron chi connectivity index (χ2n) is 6.35. The van der Waals surface area contributed by atoms with Gasteiger partial charge in [-0.05, 0) is 74.4 Å². The van der Waals surface area contributed by atoms with Crippen molar-refractivity contribution in [2.24, 2.45) is 5.92 Å². The number of halogens is 2. The van der Waals surface area contributed by atoms with E-state index in [0.717, 1.165) is 24.0 Å². The second-order valence-corrected chi connectivity index (χ2v) is 6.35. The number of rotatable bonds is 0. The molecule has 1 nitrogen and oxygen atoms in total. The van der Waals surface area contributed by atoms with Crippen LogP contribution in [0.5, 0.6) is 0 Å². The highest BCUT2D eigenvalue weighted by Crippen LogP contribution is 2.46. The van der Waals surface area contributed by atoms with Gasteiger partial charge in [-0.25, -0.2) is 8.78 Å². The van der Waals surface area contributed by atoms with Gasteiger partial charge in [0, 0.05) is 12.0 Å². The molecule has 1 aromatic rings. The number of hydrogen-bond acceptors (Lipinski definition) is 1. The third kappa shape index (κ3) is 1.74. The Morgan fingerprint density at radius 2 is 1.74 bits per heavy atom. The van der Waals surface area contributed by atoms with Crippen LogP contribution in [0.15, 0.2) is 12.1 Å². The molecule has 4 rings (SSSR count). The van der Waals surface area contributed by atoms with Crippen LogP contribution in [0.25, 0.3) is 0 Å². The molecule has 0 N–H and O–H groups in total. The fourth-order valence-electron chi connectivity index (χ4n) is 4.67. The lowest BCUT2D eigenvalue weighted by Gasteiger charge is -2.52. The van der Waals surface area contributed by atoms with Crippen molar-refractivity contribution in [1.82, 2.24) is 4.90 Å². The van der Waals surface area contributed by atoms with Crippen molar-refractivity contribution in [3.8, 4) is 0 Å². The smallest absolute Gasteiger partial charge is 0.159 e. The van der Waals surface area contributed by atoms with Gasteiger partial charge in [0.05, 0.1) is 0 Å². The molecule has 3 heteroatoms. The van der Waals surface area contributed by atoms with E-state index in [9.17, 15) is 8.78 Å². The summed E-state index contributed by atoms with van der Waals surface area (Å²) >= 11 is 0. The first-order valence-corrected chi connectivity index (χ1v) is 7.46. The molecule has 0 saturated carbocycles. The molecule has 0 bridgehead atoms. The highest BCUT2D eigenvalue weighted by Gasteiger charge is 2.43. The molecule has 3 aliphatic rings. The lowest BCUT2D eigenvalue weighted by Crippen LogP contribution is -2.54. The van der Waals surface area contributed by atoms with E-state index in [1.54, 1.807) is 0 Å². The van der Waals surface area contributed by atoms with E-state index < -0.39 is 11.6 Å². The Bertz CT molecular complexity index is 512. The van der Waals surface area contributed by atoms with Crippen LogP contribution >= 0.6 is 0 Å². The van der Waals surface area contributed by atoms with Gasteiger partial charge < -0.3 is 0 Å². The van der Waals surface area contributed by atoms with Gasteiger partial charge in [-0.3, -0.25) is 4.90 Å². The summed E-state index contributed by atoms with van der Waals surface area (Å²) < 4.78 is 27.0. The van der Waals surface area contributed by atoms with Crippen molar-refractivity contribution in [1.29, 1.82) is 0 Å². The van der Waals surface area contributed by atoms with Crippen molar-refractivity contribution in [2.45, 2.75) is 44.1 Å². The maximum Gasteiger partial charge on any atom is 0.159 e. The van der Waals surface area contributed by atoms with Crippen molar-refractivity contribution >= 4 is 0 Å². The fourth-order valence-corrected chi connectivity index (χ4v) is 4.67. The van der Waals surface area contributed by atoms with Crippen molar-refractivity contribution in [2.75, 3.05) is 13.1 Å². The Hall–Kier alpha value is -0.960. The van der Waals surface area contributed by atoms with E-state index in [1.165, 1.54) is 44.5 Å². The van der Waals surface area contributed by atoms with E-state index in [4.69, 9.17) is 0 Å². The van der Waals surface area contributed by atoms with Gasteiger partial charge >= 0.3 is 0 Å². The van der Waals surface area contributed by atoms with Gasteiger partial charge in [-0.15, -0.1) is 0 Å². The lowest BCUT2D eigenvalue weighted by atomic mass is 9.66. The first-order valence-electron chi connectivity index (χ1n) is 7.46. The van der Waals surface area contributed by atoms with Crippen LogP contribution < -0.4 is 0 Å². The highest BCUT2D eigenvalue weighted by molar-refractivity contribution is 5.37. The fraction of sp³-hybridized carbons (Fsp3) is 0.625. The molecule has 0 amide bonds. The Balaban J connectivity index is 1.81. The summed E-state index contributed by atoms with van der Waals surface area (Å²) in [6.07, 6.45) is 5.76. The summed E-state index contributed by atoms with van der Waals surface area (Å²) in [5, 5.41) is 0. The number of nitrogens with zero attached hydrogens (tertiary/aromatic N) is 1. The summed E-state index contributed by atoms with van der Waals surface area (Å²) in [4.78, 5) is 2.60. The molecule has 2 aliphatic heterocycles. The normalized spacial score (nSPS) is 33.7. The predicted molar refractivity (Wildman–Crippen MR) is 70.1 cm³/mol. The van der Waals surface area contributed by atoms with E-state index >= 15 is 0 Å². The Morgan fingerprint density at radius 3 is 2.58 bits per heavy atom. The van der Waals surface area contributed by atoms with Crippen LogP contribution in [-0.2, 0) is 6.42 Å². The van der Waals surface area contributed by atoms with Gasteiger partial charge in [0.25, 0.3) is 0 Å². The molecule has 19 heavy (non-hydrogen) atoms. The Kier molecular flexibility index (Phi) is 2.66. The summed E-state index contributed by atoms with van der Waals surface area (Å²) in [7, 11) is 0. The molecule has 0 aromatic heterocycles. The van der Waals surface area contributed by atoms with E-state index in [-0.39, 0.29) is 0 Å². The summed E-state index contributed by atoms with van der Waals surface area (Å²) in [6.45, 7) is 2.38. The van der Waals surface area contributed by atoms with Crippen LogP contribution in [0.1, 0.15) is 42.7 Å². The first kappa shape index (κ1) is 11.8. The maximum atomic E-state index is 13.6. The third-order valence-corrected chi connectivity index (χ3v) is 5.36. The number of fused-ring (bicyclic) bond motifs is 2. The molecule has 0 spiro atoms. The SMILES string of the molecule is Fc1cc2c(cc1F)C1CCCN3CCCC(C2)C13. The average Bonchev–Trinajstić information content (AvgIpc) is 2.42. The molecule has 1 aliphatic carbocycles. The van der Waals surface area contributed by atoms with E-state index in [2.05, 4.69) is 4.90 Å². The number of hydrogen-bond donors (Lipinski definition) is 0. The van der Waals surface area contributed by atoms with Crippen LogP contribution in [0.2, 0.25) is 0 Å². The Labute approximate surface area is 112 Å². The van der Waals surface area contributed by atoms with Gasteiger partial charge in [0.15, 0.2) is 11.6 Å². The predicted octanol–water partition coefficient (Wildman–Crippen LogP) is 3.48. The maximum absolute atomic E-state index is 13.6. The molecule has 2 heterocycles. The molecule has 2 fully saturated rings. The van der Waals surface area contributed by atoms with Crippen LogP contribution in [0.3, 0.4) is 0 Å². The van der Waals surface area contributed by atoms with Crippen molar-refractivity contribution in [3.63, 3.8) is 0 Å². The van der Waals surface area contributed by atoms with Crippen molar-refractivity contribution < 1.29 is 8.78 Å². The standard InChI is InChI=1S/C16H19F2N/c17-14-8-11-7-10-3-1-5-19-6-2-4-12(16(10)19)13(11)9-15(14)18/h8-10,12,16H,1-7H2. The molecule has 3 unspecified atom stereocenters. The van der Waals surface area contributed by atoms with E-state index in [1.807, 2.05) is 0 Å². The van der Waals surface area contributed by atoms with Gasteiger partial charge in [0.2, 0.25) is 0 Å². The lowest BCUT2D eigenvalue weighted by molar-refractivity contribution is 0.0347. The Morgan fingerprint density at radius 1 is 1.00 bits per heavy atom. The zero-order chi connectivity index (χ0) is 13.0. The largest absolute Gasteiger partial charge is 0.299 e. The van der Waals surface area contributed by atoms with Crippen molar-refractivity contribution in [3.05, 3.63) is 34.9 Å². The topological polar surface area (TPSA) is 3.24 Å². The van der Waals surface area contributed by atoms with Gasteiger partial charge in [-0.2, -0.15) is 0 Å². The summed E-state index contributed by atoms with van der Waals surface area (Å²) in [6, 6.07) is 3.51. The molecule has 1 aromatic carbocycles. The third-order valence-electron chi connectivity index (χ3n) is 5.36. The minimum atomic E-state index is -0.680. The van der Waals surface area contributed by atoms with Gasteiger partial charge in [0.1, 0.15) is 0 Å². The first-order chi connectivity index (χ1) is 9.24. The zero-order valence-electron chi connectivity index (χ0n) is 11.0. The zero-order valence-corrected chi connectivity index (χ0v) is 11.0. The minimum absolute atomic E-state index is 0.429. The number of piperidine rings is 2. The molecular weight excluding hydrogens is 244 g/mol. The molecule has 102 valence electrons. The average molecular weight is 263 g/mol. The molecule has 3 atom stereocenters. The highest BCUT2D eigenvalue weighted by atomic mass is 19.2. The van der Waals surface area contributed by atoms with Gasteiger partial charge in [-0.1, -0.05) is 0 Å². The monoisotopic (exact) mass is 263 g/mol. The summed E-state index contributed by atoms with van der Waals surface area (Å²) in [5.41, 5.74) is 2.15. The summed E-state index contributed by atoms with van der Waals surface area (Å²) in [5.74, 6) is -0.278. The minimum Gasteiger partial charge on any atom is -0.299 e. The van der Waals surface area contributed by atoms with E-state index in [0.29, 0.717) is 17.9 Å². The van der Waals surface area contributed by atoms with Crippen LogP contribution in [0.4, 0.5) is 8.78 Å². The molecule has 0 radical (unpaired) electrons. The molecule has 2 saturated heterocycles.